The molecule has 0 fully saturated rings. The monoisotopic (exact) mass is 373 g/mol. The molecule has 0 spiro atoms. The van der Waals surface area contributed by atoms with Crippen molar-refractivity contribution in [3.63, 3.8) is 0 Å². The molecule has 0 aromatic heterocycles. The van der Waals surface area contributed by atoms with Crippen molar-refractivity contribution < 1.29 is 5.11 Å². The van der Waals surface area contributed by atoms with E-state index in [2.05, 4.69) is 5.43 Å². The quantitative estimate of drug-likeness (QED) is 0.514. The molecule has 1 aliphatic rings. The number of aromatic hydroxyl groups is 1. The lowest BCUT2D eigenvalue weighted by atomic mass is 10.0. The van der Waals surface area contributed by atoms with Gasteiger partial charge in [-0.2, -0.15) is 0 Å². The fraction of sp³-hybridized carbons (Fsp3) is 0.0909. The third-order valence-electron chi connectivity index (χ3n) is 4.81. The standard InChI is InChI=1S/C22H23N5O/c23-15-16-10-12-17(13-11-16)22-20(14-18-6-4-5-9-21(18)28)26(27(24)25-22)19-7-2-1-3-8-19/h1-13,25,28H,14-15,23-24H2. The average Bonchev–Trinajstić information content (AvgIpc) is 3.06. The summed E-state index contributed by atoms with van der Waals surface area (Å²) in [5.74, 6) is 6.56. The molecule has 6 N–H and O–H groups in total. The van der Waals surface area contributed by atoms with E-state index in [0.717, 1.165) is 33.8 Å². The summed E-state index contributed by atoms with van der Waals surface area (Å²) in [6.07, 6.45) is 0.510. The van der Waals surface area contributed by atoms with E-state index in [9.17, 15) is 5.11 Å². The fourth-order valence-electron chi connectivity index (χ4n) is 3.36. The molecule has 3 aromatic rings. The minimum atomic E-state index is 0.260. The first-order chi connectivity index (χ1) is 13.7. The summed E-state index contributed by atoms with van der Waals surface area (Å²) >= 11 is 0. The highest BCUT2D eigenvalue weighted by Crippen LogP contribution is 2.33. The van der Waals surface area contributed by atoms with Crippen molar-refractivity contribution in [3.8, 4) is 5.75 Å². The average molecular weight is 373 g/mol. The summed E-state index contributed by atoms with van der Waals surface area (Å²) in [6.45, 7) is 0.497. The van der Waals surface area contributed by atoms with Crippen molar-refractivity contribution in [2.24, 2.45) is 11.6 Å². The van der Waals surface area contributed by atoms with Crippen LogP contribution in [0, 0.1) is 0 Å². The molecule has 6 heteroatoms. The second-order valence-corrected chi connectivity index (χ2v) is 6.63. The van der Waals surface area contributed by atoms with Gasteiger partial charge in [-0.25, -0.2) is 10.9 Å². The van der Waals surface area contributed by atoms with Crippen LogP contribution in [0.4, 0.5) is 5.69 Å². The number of nitrogens with two attached hydrogens (primary N) is 2. The first-order valence-electron chi connectivity index (χ1n) is 9.13. The van der Waals surface area contributed by atoms with Crippen LogP contribution in [0.15, 0.2) is 84.6 Å². The molecule has 0 radical (unpaired) electrons. The highest BCUT2D eigenvalue weighted by atomic mass is 16.3. The van der Waals surface area contributed by atoms with Crippen LogP contribution < -0.4 is 22.0 Å². The summed E-state index contributed by atoms with van der Waals surface area (Å²) in [5.41, 5.74) is 14.6. The molecule has 0 atom stereocenters. The van der Waals surface area contributed by atoms with Gasteiger partial charge < -0.3 is 10.8 Å². The first kappa shape index (κ1) is 18.1. The predicted octanol–water partition coefficient (Wildman–Crippen LogP) is 2.88. The molecule has 0 amide bonds. The number of rotatable bonds is 5. The van der Waals surface area contributed by atoms with Crippen molar-refractivity contribution >= 4 is 11.4 Å². The fourth-order valence-corrected chi connectivity index (χ4v) is 3.36. The Bertz CT molecular complexity index is 985. The molecule has 4 rings (SSSR count). The maximum absolute atomic E-state index is 10.3. The van der Waals surface area contributed by atoms with Crippen LogP contribution >= 0.6 is 0 Å². The zero-order chi connectivity index (χ0) is 19.5. The van der Waals surface area contributed by atoms with Gasteiger partial charge in [-0.05, 0) is 29.3 Å². The second-order valence-electron chi connectivity index (χ2n) is 6.63. The van der Waals surface area contributed by atoms with Crippen LogP contribution in [0.3, 0.4) is 0 Å². The Labute approximate surface area is 164 Å². The number of benzene rings is 3. The van der Waals surface area contributed by atoms with Gasteiger partial charge in [-0.3, -0.25) is 5.43 Å². The number of hydrogen-bond acceptors (Lipinski definition) is 6. The van der Waals surface area contributed by atoms with Crippen LogP contribution in [0.1, 0.15) is 16.7 Å². The van der Waals surface area contributed by atoms with Gasteiger partial charge in [-0.1, -0.05) is 65.9 Å². The van der Waals surface area contributed by atoms with Crippen molar-refractivity contribution in [2.45, 2.75) is 13.0 Å². The number of hydrogen-bond donors (Lipinski definition) is 4. The number of phenols is 1. The van der Waals surface area contributed by atoms with Crippen LogP contribution in [-0.2, 0) is 13.0 Å². The second kappa shape index (κ2) is 7.74. The Kier molecular flexibility index (Phi) is 4.99. The maximum Gasteiger partial charge on any atom is 0.119 e. The van der Waals surface area contributed by atoms with Crippen molar-refractivity contribution in [1.82, 2.24) is 10.7 Å². The Morgan fingerprint density at radius 1 is 0.857 bits per heavy atom. The van der Waals surface area contributed by atoms with E-state index < -0.39 is 0 Å². The lowest BCUT2D eigenvalue weighted by molar-refractivity contribution is 0.249. The molecule has 28 heavy (non-hydrogen) atoms. The zero-order valence-electron chi connectivity index (χ0n) is 15.4. The predicted molar refractivity (Wildman–Crippen MR) is 111 cm³/mol. The largest absolute Gasteiger partial charge is 0.508 e. The Morgan fingerprint density at radius 2 is 1.54 bits per heavy atom. The van der Waals surface area contributed by atoms with Crippen LogP contribution in [-0.4, -0.2) is 10.3 Å². The molecule has 0 bridgehead atoms. The molecule has 1 heterocycles. The smallest absolute Gasteiger partial charge is 0.119 e. The van der Waals surface area contributed by atoms with Crippen LogP contribution in [0.25, 0.3) is 5.70 Å². The van der Waals surface area contributed by atoms with E-state index in [1.807, 2.05) is 77.8 Å². The molecular weight excluding hydrogens is 350 g/mol. The van der Waals surface area contributed by atoms with E-state index in [-0.39, 0.29) is 5.75 Å². The molecule has 0 saturated heterocycles. The Morgan fingerprint density at radius 3 is 2.21 bits per heavy atom. The first-order valence-corrected chi connectivity index (χ1v) is 9.13. The SMILES string of the molecule is NCc1ccc(C2=C(Cc3ccccc3O)N(c3ccccc3)N(N)N2)cc1. The lowest BCUT2D eigenvalue weighted by Gasteiger charge is -2.27. The van der Waals surface area contributed by atoms with Gasteiger partial charge in [0.1, 0.15) is 5.75 Å². The maximum atomic E-state index is 10.3. The number of anilines is 1. The van der Waals surface area contributed by atoms with Gasteiger partial charge in [0.15, 0.2) is 0 Å². The van der Waals surface area contributed by atoms with Gasteiger partial charge in [0, 0.05) is 18.5 Å². The van der Waals surface area contributed by atoms with Gasteiger partial charge in [0.05, 0.1) is 17.1 Å². The van der Waals surface area contributed by atoms with Crippen molar-refractivity contribution in [2.75, 3.05) is 5.01 Å². The zero-order valence-corrected chi connectivity index (χ0v) is 15.4. The molecule has 0 aliphatic carbocycles. The lowest BCUT2D eigenvalue weighted by Crippen LogP contribution is -2.49. The number of nitrogens with zero attached hydrogens (tertiary/aromatic N) is 2. The number of allylic oxidation sites excluding steroid dienone is 1. The summed E-state index contributed by atoms with van der Waals surface area (Å²) in [6, 6.07) is 25.3. The molecule has 142 valence electrons. The Hall–Kier alpha value is -3.32. The normalized spacial score (nSPS) is 14.4. The minimum Gasteiger partial charge on any atom is -0.508 e. The van der Waals surface area contributed by atoms with Gasteiger partial charge >= 0.3 is 0 Å². The number of hydrazine groups is 3. The Balaban J connectivity index is 1.82. The van der Waals surface area contributed by atoms with E-state index in [1.54, 1.807) is 6.07 Å². The molecule has 3 aromatic carbocycles. The summed E-state index contributed by atoms with van der Waals surface area (Å²) < 4.78 is 0. The number of nitrogens with one attached hydrogen (secondary N) is 1. The van der Waals surface area contributed by atoms with E-state index in [1.165, 1.54) is 5.23 Å². The van der Waals surface area contributed by atoms with Crippen molar-refractivity contribution in [1.29, 1.82) is 0 Å². The van der Waals surface area contributed by atoms with Crippen LogP contribution in [0.5, 0.6) is 5.75 Å². The summed E-state index contributed by atoms with van der Waals surface area (Å²) in [7, 11) is 0. The van der Waals surface area contributed by atoms with Gasteiger partial charge in [0.2, 0.25) is 0 Å². The minimum absolute atomic E-state index is 0.260. The molecule has 1 aliphatic heterocycles. The topological polar surface area (TPSA) is 90.8 Å². The third-order valence-corrected chi connectivity index (χ3v) is 4.81. The third kappa shape index (κ3) is 3.44. The highest BCUT2D eigenvalue weighted by molar-refractivity contribution is 5.74. The van der Waals surface area contributed by atoms with E-state index in [0.29, 0.717) is 13.0 Å². The van der Waals surface area contributed by atoms with Gasteiger partial charge in [-0.15, -0.1) is 0 Å². The molecular formula is C22H23N5O. The number of phenolic OH excluding ortho intramolecular Hbond substituents is 1. The van der Waals surface area contributed by atoms with Crippen molar-refractivity contribution in [3.05, 3.63) is 101 Å². The van der Waals surface area contributed by atoms with E-state index >= 15 is 0 Å². The van der Waals surface area contributed by atoms with Crippen LogP contribution in [0.2, 0.25) is 0 Å². The molecule has 0 unspecified atom stereocenters. The molecule has 0 saturated carbocycles. The van der Waals surface area contributed by atoms with Gasteiger partial charge in [0.25, 0.3) is 0 Å². The summed E-state index contributed by atoms with van der Waals surface area (Å²) in [4.78, 5) is 0. The summed E-state index contributed by atoms with van der Waals surface area (Å²) in [5, 5.41) is 13.7. The number of para-hydroxylation sites is 2. The highest BCUT2D eigenvalue weighted by Gasteiger charge is 2.30. The van der Waals surface area contributed by atoms with E-state index in [4.69, 9.17) is 11.6 Å². The molecule has 6 nitrogen and oxygen atoms in total.